The van der Waals surface area contributed by atoms with Crippen LogP contribution in [-0.4, -0.2) is 16.2 Å². The number of aryl methyl sites for hydroxylation is 2. The van der Waals surface area contributed by atoms with Gasteiger partial charge in [-0.25, -0.2) is 4.79 Å². The summed E-state index contributed by atoms with van der Waals surface area (Å²) in [6.07, 6.45) is 1.64. The van der Waals surface area contributed by atoms with Crippen molar-refractivity contribution in [2.24, 2.45) is 0 Å². The zero-order valence-corrected chi connectivity index (χ0v) is 9.84. The first kappa shape index (κ1) is 12.2. The first-order valence-electron chi connectivity index (χ1n) is 5.76. The van der Waals surface area contributed by atoms with Crippen molar-refractivity contribution < 1.29 is 15.0 Å². The summed E-state index contributed by atoms with van der Waals surface area (Å²) >= 11 is 0. The van der Waals surface area contributed by atoms with Crippen LogP contribution < -0.4 is 0 Å². The minimum absolute atomic E-state index is 0.0570. The van der Waals surface area contributed by atoms with Crippen LogP contribution in [0, 0.1) is 0 Å². The number of benzene rings is 2. The molecule has 0 heterocycles. The van der Waals surface area contributed by atoms with E-state index in [-0.39, 0.29) is 11.3 Å². The Labute approximate surface area is 105 Å². The van der Waals surface area contributed by atoms with E-state index in [2.05, 4.69) is 0 Å². The van der Waals surface area contributed by atoms with E-state index in [9.17, 15) is 9.90 Å². The summed E-state index contributed by atoms with van der Waals surface area (Å²) in [4.78, 5) is 10.8. The number of aromatic carboxylic acids is 1. The third kappa shape index (κ3) is 2.88. The predicted molar refractivity (Wildman–Crippen MR) is 68.9 cm³/mol. The third-order valence-corrected chi connectivity index (χ3v) is 2.84. The molecule has 0 aromatic heterocycles. The topological polar surface area (TPSA) is 57.5 Å². The van der Waals surface area contributed by atoms with E-state index in [1.807, 2.05) is 30.3 Å². The van der Waals surface area contributed by atoms with Gasteiger partial charge in [0.1, 0.15) is 11.3 Å². The van der Waals surface area contributed by atoms with Crippen LogP contribution in [0.1, 0.15) is 21.5 Å². The van der Waals surface area contributed by atoms with Gasteiger partial charge < -0.3 is 10.2 Å². The van der Waals surface area contributed by atoms with Gasteiger partial charge in [-0.3, -0.25) is 0 Å². The molecule has 0 saturated heterocycles. The summed E-state index contributed by atoms with van der Waals surface area (Å²) in [5.41, 5.74) is 2.10. The van der Waals surface area contributed by atoms with Gasteiger partial charge in [0.05, 0.1) is 0 Å². The summed E-state index contributed by atoms with van der Waals surface area (Å²) in [7, 11) is 0. The van der Waals surface area contributed by atoms with Crippen LogP contribution in [0.2, 0.25) is 0 Å². The van der Waals surface area contributed by atoms with Crippen molar-refractivity contribution in [1.82, 2.24) is 0 Å². The lowest BCUT2D eigenvalue weighted by atomic mass is 10.0. The van der Waals surface area contributed by atoms with Gasteiger partial charge >= 0.3 is 5.97 Å². The number of hydrogen-bond acceptors (Lipinski definition) is 2. The Morgan fingerprint density at radius 1 is 0.944 bits per heavy atom. The average molecular weight is 242 g/mol. The van der Waals surface area contributed by atoms with Gasteiger partial charge in [-0.1, -0.05) is 36.4 Å². The highest BCUT2D eigenvalue weighted by atomic mass is 16.4. The lowest BCUT2D eigenvalue weighted by Gasteiger charge is -2.05. The zero-order valence-electron chi connectivity index (χ0n) is 9.84. The fourth-order valence-corrected chi connectivity index (χ4v) is 1.85. The smallest absolute Gasteiger partial charge is 0.339 e. The van der Waals surface area contributed by atoms with Gasteiger partial charge in [0.25, 0.3) is 0 Å². The molecule has 0 radical (unpaired) electrons. The van der Waals surface area contributed by atoms with Crippen molar-refractivity contribution in [2.75, 3.05) is 0 Å². The van der Waals surface area contributed by atoms with Crippen LogP contribution in [0.4, 0.5) is 0 Å². The Morgan fingerprint density at radius 3 is 2.22 bits per heavy atom. The molecule has 18 heavy (non-hydrogen) atoms. The molecule has 0 aliphatic carbocycles. The molecule has 2 aromatic rings. The molecule has 0 aliphatic heterocycles. The zero-order chi connectivity index (χ0) is 13.0. The van der Waals surface area contributed by atoms with E-state index in [4.69, 9.17) is 5.11 Å². The van der Waals surface area contributed by atoms with E-state index in [1.165, 1.54) is 17.7 Å². The van der Waals surface area contributed by atoms with Gasteiger partial charge in [0, 0.05) is 0 Å². The van der Waals surface area contributed by atoms with Gasteiger partial charge in [-0.05, 0) is 36.1 Å². The van der Waals surface area contributed by atoms with Crippen molar-refractivity contribution in [1.29, 1.82) is 0 Å². The second-order valence-electron chi connectivity index (χ2n) is 4.14. The van der Waals surface area contributed by atoms with Crippen LogP contribution in [0.25, 0.3) is 0 Å². The second-order valence-corrected chi connectivity index (χ2v) is 4.14. The van der Waals surface area contributed by atoms with Crippen molar-refractivity contribution in [2.45, 2.75) is 12.8 Å². The average Bonchev–Trinajstić information content (AvgIpc) is 2.37. The van der Waals surface area contributed by atoms with E-state index >= 15 is 0 Å². The number of phenols is 1. The summed E-state index contributed by atoms with van der Waals surface area (Å²) < 4.78 is 0. The van der Waals surface area contributed by atoms with E-state index in [0.717, 1.165) is 18.4 Å². The van der Waals surface area contributed by atoms with Crippen LogP contribution in [0.15, 0.2) is 48.5 Å². The van der Waals surface area contributed by atoms with Gasteiger partial charge in [-0.15, -0.1) is 0 Å². The van der Waals surface area contributed by atoms with Crippen LogP contribution in [0.5, 0.6) is 5.75 Å². The maximum Gasteiger partial charge on any atom is 0.339 e. The monoisotopic (exact) mass is 242 g/mol. The fourth-order valence-electron chi connectivity index (χ4n) is 1.85. The van der Waals surface area contributed by atoms with Crippen LogP contribution in [0.3, 0.4) is 0 Å². The van der Waals surface area contributed by atoms with Gasteiger partial charge in [0.2, 0.25) is 0 Å². The first-order chi connectivity index (χ1) is 8.66. The lowest BCUT2D eigenvalue weighted by Crippen LogP contribution is -1.98. The Bertz CT molecular complexity index is 547. The molecular weight excluding hydrogens is 228 g/mol. The minimum atomic E-state index is -1.11. The predicted octanol–water partition coefficient (Wildman–Crippen LogP) is 2.88. The van der Waals surface area contributed by atoms with Crippen molar-refractivity contribution in [3.63, 3.8) is 0 Å². The maximum atomic E-state index is 10.8. The molecule has 92 valence electrons. The quantitative estimate of drug-likeness (QED) is 0.866. The largest absolute Gasteiger partial charge is 0.507 e. The number of aromatic hydroxyl groups is 1. The highest BCUT2D eigenvalue weighted by molar-refractivity contribution is 5.90. The summed E-state index contributed by atoms with van der Waals surface area (Å²) in [6, 6.07) is 14.7. The van der Waals surface area contributed by atoms with E-state index < -0.39 is 5.97 Å². The Kier molecular flexibility index (Phi) is 3.63. The summed E-state index contributed by atoms with van der Waals surface area (Å²) in [5, 5.41) is 18.4. The molecular formula is C15H14O3. The van der Waals surface area contributed by atoms with E-state index in [1.54, 1.807) is 6.07 Å². The highest BCUT2D eigenvalue weighted by Gasteiger charge is 2.09. The normalized spacial score (nSPS) is 10.2. The standard InChI is InChI=1S/C15H14O3/c16-14-10-12(8-9-13(14)15(17)18)7-6-11-4-2-1-3-5-11/h1-5,8-10,16H,6-7H2,(H,17,18). The molecule has 3 heteroatoms. The highest BCUT2D eigenvalue weighted by Crippen LogP contribution is 2.19. The first-order valence-corrected chi connectivity index (χ1v) is 5.76. The van der Waals surface area contributed by atoms with Crippen molar-refractivity contribution in [3.8, 4) is 5.75 Å². The molecule has 2 rings (SSSR count). The third-order valence-electron chi connectivity index (χ3n) is 2.84. The molecule has 0 fully saturated rings. The SMILES string of the molecule is O=C(O)c1ccc(CCc2ccccc2)cc1O. The molecule has 3 nitrogen and oxygen atoms in total. The van der Waals surface area contributed by atoms with Gasteiger partial charge in [0.15, 0.2) is 0 Å². The Morgan fingerprint density at radius 2 is 1.61 bits per heavy atom. The molecule has 0 amide bonds. The second kappa shape index (κ2) is 5.36. The molecule has 2 N–H and O–H groups in total. The van der Waals surface area contributed by atoms with Crippen LogP contribution >= 0.6 is 0 Å². The lowest BCUT2D eigenvalue weighted by molar-refractivity contribution is 0.0693. The molecule has 0 atom stereocenters. The summed E-state index contributed by atoms with van der Waals surface area (Å²) in [5.74, 6) is -1.28. The van der Waals surface area contributed by atoms with Gasteiger partial charge in [-0.2, -0.15) is 0 Å². The molecule has 0 saturated carbocycles. The maximum absolute atomic E-state index is 10.8. The van der Waals surface area contributed by atoms with Crippen molar-refractivity contribution >= 4 is 5.97 Å². The molecule has 0 aliphatic rings. The number of carboxylic acids is 1. The number of hydrogen-bond donors (Lipinski definition) is 2. The molecule has 2 aromatic carbocycles. The number of rotatable bonds is 4. The molecule has 0 unspecified atom stereocenters. The van der Waals surface area contributed by atoms with E-state index in [0.29, 0.717) is 0 Å². The summed E-state index contributed by atoms with van der Waals surface area (Å²) in [6.45, 7) is 0. The van der Waals surface area contributed by atoms with Crippen LogP contribution in [-0.2, 0) is 12.8 Å². The number of carbonyl (C=O) groups is 1. The van der Waals surface area contributed by atoms with Crippen molar-refractivity contribution in [3.05, 3.63) is 65.2 Å². The number of carboxylic acid groups (broad SMARTS) is 1. The Hall–Kier alpha value is -2.29. The fraction of sp³-hybridized carbons (Fsp3) is 0.133. The Balaban J connectivity index is 2.07. The molecule has 0 spiro atoms. The molecule has 0 bridgehead atoms. The minimum Gasteiger partial charge on any atom is -0.507 e.